The lowest BCUT2D eigenvalue weighted by Crippen LogP contribution is -2.35. The fourth-order valence-corrected chi connectivity index (χ4v) is 6.36. The molecule has 3 aliphatic carbocycles. The van der Waals surface area contributed by atoms with Crippen molar-refractivity contribution in [1.29, 1.82) is 0 Å². The maximum atomic E-state index is 13.4. The van der Waals surface area contributed by atoms with Gasteiger partial charge in [-0.3, -0.25) is 0 Å². The maximum Gasteiger partial charge on any atom is 0.123 e. The summed E-state index contributed by atoms with van der Waals surface area (Å²) in [5, 5.41) is 0. The van der Waals surface area contributed by atoms with Crippen LogP contribution in [-0.2, 0) is 12.8 Å². The Bertz CT molecular complexity index is 577. The molecule has 0 nitrogen and oxygen atoms in total. The average molecular weight is 343 g/mol. The molecule has 0 aliphatic heterocycles. The first-order chi connectivity index (χ1) is 12.2. The van der Waals surface area contributed by atoms with Crippen molar-refractivity contribution >= 4 is 0 Å². The Morgan fingerprint density at radius 2 is 1.64 bits per heavy atom. The highest BCUT2D eigenvalue weighted by atomic mass is 19.1. The van der Waals surface area contributed by atoms with Gasteiger partial charge in [-0.1, -0.05) is 38.7 Å². The minimum atomic E-state index is -0.0578. The molecule has 3 aliphatic rings. The molecule has 5 atom stereocenters. The van der Waals surface area contributed by atoms with Crippen LogP contribution in [0, 0.1) is 35.4 Å². The second-order valence-electron chi connectivity index (χ2n) is 9.33. The van der Waals surface area contributed by atoms with E-state index in [1.54, 1.807) is 12.1 Å². The van der Waals surface area contributed by atoms with E-state index in [2.05, 4.69) is 13.0 Å². The third-order valence-corrected chi connectivity index (χ3v) is 7.83. The molecule has 138 valence electrons. The van der Waals surface area contributed by atoms with Crippen LogP contribution in [-0.4, -0.2) is 0 Å². The zero-order valence-corrected chi connectivity index (χ0v) is 16.0. The lowest BCUT2D eigenvalue weighted by atomic mass is 9.61. The molecule has 1 heteroatoms. The summed E-state index contributed by atoms with van der Waals surface area (Å²) in [4.78, 5) is 0. The van der Waals surface area contributed by atoms with Crippen LogP contribution in [0.4, 0.5) is 4.39 Å². The van der Waals surface area contributed by atoms with Gasteiger partial charge in [-0.25, -0.2) is 4.39 Å². The van der Waals surface area contributed by atoms with Crippen LogP contribution in [0.15, 0.2) is 18.2 Å². The van der Waals surface area contributed by atoms with Crippen molar-refractivity contribution in [2.24, 2.45) is 29.6 Å². The van der Waals surface area contributed by atoms with Crippen molar-refractivity contribution in [3.05, 3.63) is 35.1 Å². The van der Waals surface area contributed by atoms with Crippen molar-refractivity contribution in [1.82, 2.24) is 0 Å². The molecule has 2 fully saturated rings. The van der Waals surface area contributed by atoms with Crippen molar-refractivity contribution in [3.63, 3.8) is 0 Å². The van der Waals surface area contributed by atoms with Crippen molar-refractivity contribution in [2.45, 2.75) is 84.0 Å². The van der Waals surface area contributed by atoms with Gasteiger partial charge in [-0.15, -0.1) is 0 Å². The van der Waals surface area contributed by atoms with Crippen molar-refractivity contribution in [3.8, 4) is 0 Å². The van der Waals surface area contributed by atoms with Gasteiger partial charge in [0.2, 0.25) is 0 Å². The number of halogens is 1. The Morgan fingerprint density at radius 3 is 2.48 bits per heavy atom. The first-order valence-electron chi connectivity index (χ1n) is 11.0. The zero-order chi connectivity index (χ0) is 17.2. The predicted molar refractivity (Wildman–Crippen MR) is 103 cm³/mol. The fraction of sp³-hybridized carbons (Fsp3) is 0.750. The van der Waals surface area contributed by atoms with Crippen LogP contribution in [0.1, 0.15) is 82.3 Å². The van der Waals surface area contributed by atoms with Gasteiger partial charge in [0.15, 0.2) is 0 Å². The number of hydrogen-bond acceptors (Lipinski definition) is 0. The summed E-state index contributed by atoms with van der Waals surface area (Å²) in [5.74, 6) is 4.83. The summed E-state index contributed by atoms with van der Waals surface area (Å²) in [6, 6.07) is 5.50. The summed E-state index contributed by atoms with van der Waals surface area (Å²) in [7, 11) is 0. The lowest BCUT2D eigenvalue weighted by Gasteiger charge is -2.45. The van der Waals surface area contributed by atoms with Crippen LogP contribution >= 0.6 is 0 Å². The first kappa shape index (κ1) is 17.6. The Balaban J connectivity index is 1.33. The van der Waals surface area contributed by atoms with E-state index in [0.717, 1.165) is 36.0 Å². The predicted octanol–water partition coefficient (Wildman–Crippen LogP) is 6.95. The highest BCUT2D eigenvalue weighted by Crippen LogP contribution is 2.49. The van der Waals surface area contributed by atoms with Crippen LogP contribution in [0.3, 0.4) is 0 Å². The van der Waals surface area contributed by atoms with E-state index in [9.17, 15) is 4.39 Å². The minimum absolute atomic E-state index is 0.0578. The summed E-state index contributed by atoms with van der Waals surface area (Å²) in [6.07, 6.45) is 16.9. The monoisotopic (exact) mass is 342 g/mol. The van der Waals surface area contributed by atoms with Crippen LogP contribution in [0.5, 0.6) is 0 Å². The first-order valence-corrected chi connectivity index (χ1v) is 11.0. The second-order valence-corrected chi connectivity index (χ2v) is 9.33. The number of unbranched alkanes of at least 4 members (excludes halogenated alkanes) is 1. The Morgan fingerprint density at radius 1 is 0.880 bits per heavy atom. The molecule has 1 aromatic rings. The molecule has 0 radical (unpaired) electrons. The van der Waals surface area contributed by atoms with Gasteiger partial charge in [-0.2, -0.15) is 0 Å². The number of aryl methyl sites for hydroxylation is 1. The van der Waals surface area contributed by atoms with E-state index in [-0.39, 0.29) is 5.82 Å². The van der Waals surface area contributed by atoms with Crippen LogP contribution in [0.2, 0.25) is 0 Å². The summed E-state index contributed by atoms with van der Waals surface area (Å²) in [6.45, 7) is 2.33. The van der Waals surface area contributed by atoms with Gasteiger partial charge in [0.1, 0.15) is 5.82 Å². The lowest BCUT2D eigenvalue weighted by molar-refractivity contribution is 0.0691. The van der Waals surface area contributed by atoms with Crippen LogP contribution < -0.4 is 0 Å². The highest BCUT2D eigenvalue weighted by Gasteiger charge is 2.38. The van der Waals surface area contributed by atoms with E-state index in [4.69, 9.17) is 0 Å². The molecule has 25 heavy (non-hydrogen) atoms. The molecular formula is C24H35F. The molecule has 0 aromatic heterocycles. The molecule has 0 heterocycles. The summed E-state index contributed by atoms with van der Waals surface area (Å²) in [5.41, 5.74) is 2.71. The third-order valence-electron chi connectivity index (χ3n) is 7.83. The molecule has 0 amide bonds. The standard InChI is InChI=1S/C24H35F/c1-2-3-4-17-5-6-19-14-20(8-7-18(19)13-17)21-9-10-23-16-24(25)12-11-22(23)15-21/h11-12,16-21H,2-10,13-15H2,1H3. The fourth-order valence-electron chi connectivity index (χ4n) is 6.36. The van der Waals surface area contributed by atoms with Gasteiger partial charge in [0.05, 0.1) is 0 Å². The molecular weight excluding hydrogens is 307 g/mol. The number of hydrogen-bond donors (Lipinski definition) is 0. The van der Waals surface area contributed by atoms with Crippen LogP contribution in [0.25, 0.3) is 0 Å². The second kappa shape index (κ2) is 7.80. The Hall–Kier alpha value is -0.850. The van der Waals surface area contributed by atoms with Gasteiger partial charge < -0.3 is 0 Å². The van der Waals surface area contributed by atoms with E-state index < -0.39 is 0 Å². The number of benzene rings is 1. The maximum absolute atomic E-state index is 13.4. The van der Waals surface area contributed by atoms with Crippen molar-refractivity contribution < 1.29 is 4.39 Å². The Labute approximate surface area is 153 Å². The largest absolute Gasteiger partial charge is 0.207 e. The van der Waals surface area contributed by atoms with E-state index in [1.807, 2.05) is 0 Å². The van der Waals surface area contributed by atoms with Gasteiger partial charge >= 0.3 is 0 Å². The third kappa shape index (κ3) is 3.96. The molecule has 0 spiro atoms. The zero-order valence-electron chi connectivity index (χ0n) is 16.0. The molecule has 0 bridgehead atoms. The molecule has 2 saturated carbocycles. The summed E-state index contributed by atoms with van der Waals surface area (Å²) < 4.78 is 13.4. The van der Waals surface area contributed by atoms with Gasteiger partial charge in [0.25, 0.3) is 0 Å². The normalized spacial score (nSPS) is 35.0. The molecule has 4 rings (SSSR count). The quantitative estimate of drug-likeness (QED) is 0.555. The smallest absolute Gasteiger partial charge is 0.123 e. The van der Waals surface area contributed by atoms with E-state index in [0.29, 0.717) is 0 Å². The molecule has 0 N–H and O–H groups in total. The molecule has 5 unspecified atom stereocenters. The SMILES string of the molecule is CCCCC1CCC2CC(C3CCc4cc(F)ccc4C3)CCC2C1. The Kier molecular flexibility index (Phi) is 5.48. The average Bonchev–Trinajstić information content (AvgIpc) is 2.65. The topological polar surface area (TPSA) is 0 Å². The van der Waals surface area contributed by atoms with Crippen molar-refractivity contribution in [2.75, 3.05) is 0 Å². The number of rotatable bonds is 4. The summed E-state index contributed by atoms with van der Waals surface area (Å²) >= 11 is 0. The van der Waals surface area contributed by atoms with E-state index >= 15 is 0 Å². The van der Waals surface area contributed by atoms with E-state index in [1.165, 1.54) is 81.8 Å². The highest BCUT2D eigenvalue weighted by molar-refractivity contribution is 5.30. The minimum Gasteiger partial charge on any atom is -0.207 e. The van der Waals surface area contributed by atoms with Gasteiger partial charge in [-0.05, 0) is 104 Å². The number of fused-ring (bicyclic) bond motifs is 2. The molecule has 1 aromatic carbocycles. The molecule has 0 saturated heterocycles. The van der Waals surface area contributed by atoms with Gasteiger partial charge in [0, 0.05) is 0 Å².